The van der Waals surface area contributed by atoms with Crippen molar-refractivity contribution in [2.24, 2.45) is 5.92 Å². The van der Waals surface area contributed by atoms with Crippen LogP contribution in [0.25, 0.3) is 0 Å². The summed E-state index contributed by atoms with van der Waals surface area (Å²) < 4.78 is 0. The van der Waals surface area contributed by atoms with E-state index in [1.807, 2.05) is 0 Å². The molecule has 7 heteroatoms. The summed E-state index contributed by atoms with van der Waals surface area (Å²) in [7, 11) is 0. The maximum Gasteiger partial charge on any atom is 0.229 e. The van der Waals surface area contributed by atoms with Gasteiger partial charge in [0.25, 0.3) is 0 Å². The SMILES string of the molecule is O=C(Nc1c[nH]ccc1=O)[C@@H]1CCCN(c2cnccn2)C1. The van der Waals surface area contributed by atoms with Gasteiger partial charge in [0, 0.05) is 43.9 Å². The van der Waals surface area contributed by atoms with Gasteiger partial charge in [0.2, 0.25) is 11.3 Å². The van der Waals surface area contributed by atoms with Crippen LogP contribution in [-0.2, 0) is 4.79 Å². The molecule has 3 rings (SSSR count). The Labute approximate surface area is 127 Å². The summed E-state index contributed by atoms with van der Waals surface area (Å²) in [6.45, 7) is 1.43. The number of carbonyl (C=O) groups is 1. The van der Waals surface area contributed by atoms with Crippen LogP contribution in [0.5, 0.6) is 0 Å². The molecule has 0 radical (unpaired) electrons. The Kier molecular flexibility index (Phi) is 4.13. The lowest BCUT2D eigenvalue weighted by Gasteiger charge is -2.32. The quantitative estimate of drug-likeness (QED) is 0.883. The van der Waals surface area contributed by atoms with Gasteiger partial charge in [0.1, 0.15) is 11.5 Å². The normalized spacial score (nSPS) is 18.0. The topological polar surface area (TPSA) is 91.0 Å². The zero-order valence-electron chi connectivity index (χ0n) is 12.0. The van der Waals surface area contributed by atoms with Gasteiger partial charge in [-0.3, -0.25) is 14.6 Å². The van der Waals surface area contributed by atoms with E-state index >= 15 is 0 Å². The van der Waals surface area contributed by atoms with Crippen LogP contribution >= 0.6 is 0 Å². The molecule has 0 bridgehead atoms. The molecule has 1 aliphatic heterocycles. The summed E-state index contributed by atoms with van der Waals surface area (Å²) in [6.07, 6.45) is 9.70. The predicted molar refractivity (Wildman–Crippen MR) is 82.7 cm³/mol. The fourth-order valence-corrected chi connectivity index (χ4v) is 2.60. The molecule has 0 aromatic carbocycles. The third kappa shape index (κ3) is 3.13. The maximum absolute atomic E-state index is 12.4. The van der Waals surface area contributed by atoms with Crippen molar-refractivity contribution in [2.45, 2.75) is 12.8 Å². The second-order valence-electron chi connectivity index (χ2n) is 5.26. The molecule has 2 N–H and O–H groups in total. The minimum atomic E-state index is -0.200. The number of hydrogen-bond acceptors (Lipinski definition) is 5. The number of nitrogens with zero attached hydrogens (tertiary/aromatic N) is 3. The highest BCUT2D eigenvalue weighted by Crippen LogP contribution is 2.21. The van der Waals surface area contributed by atoms with Crippen LogP contribution in [0.15, 0.2) is 41.8 Å². The van der Waals surface area contributed by atoms with Gasteiger partial charge >= 0.3 is 0 Å². The van der Waals surface area contributed by atoms with Gasteiger partial charge in [-0.2, -0.15) is 0 Å². The lowest BCUT2D eigenvalue weighted by atomic mass is 9.97. The number of pyridine rings is 1. The van der Waals surface area contributed by atoms with Crippen LogP contribution in [-0.4, -0.2) is 33.9 Å². The fourth-order valence-electron chi connectivity index (χ4n) is 2.60. The highest BCUT2D eigenvalue weighted by Gasteiger charge is 2.27. The molecular formula is C15H17N5O2. The fraction of sp³-hybridized carbons (Fsp3) is 0.333. The molecule has 1 fully saturated rings. The molecule has 0 saturated carbocycles. The standard InChI is InChI=1S/C15H17N5O2/c21-13-3-4-16-8-12(13)19-15(22)11-2-1-7-20(10-11)14-9-17-5-6-18-14/h3-6,8-9,11H,1-2,7,10H2,(H,16,21)(H,19,22)/t11-/m1/s1. The molecule has 1 amide bonds. The van der Waals surface area contributed by atoms with Crippen LogP contribution in [0.2, 0.25) is 0 Å². The molecular weight excluding hydrogens is 282 g/mol. The van der Waals surface area contributed by atoms with Crippen molar-refractivity contribution in [3.63, 3.8) is 0 Å². The van der Waals surface area contributed by atoms with Crippen molar-refractivity contribution in [1.29, 1.82) is 0 Å². The summed E-state index contributed by atoms with van der Waals surface area (Å²) >= 11 is 0. The molecule has 1 atom stereocenters. The monoisotopic (exact) mass is 299 g/mol. The van der Waals surface area contributed by atoms with Crippen LogP contribution in [0.1, 0.15) is 12.8 Å². The first-order chi connectivity index (χ1) is 10.7. The summed E-state index contributed by atoms with van der Waals surface area (Å²) in [4.78, 5) is 37.2. The number of hydrogen-bond donors (Lipinski definition) is 2. The Morgan fingerprint density at radius 2 is 2.32 bits per heavy atom. The Bertz CT molecular complexity index is 700. The van der Waals surface area contributed by atoms with Gasteiger partial charge in [-0.25, -0.2) is 4.98 Å². The highest BCUT2D eigenvalue weighted by molar-refractivity contribution is 5.92. The van der Waals surface area contributed by atoms with Crippen molar-refractivity contribution in [3.05, 3.63) is 47.3 Å². The van der Waals surface area contributed by atoms with E-state index in [2.05, 4.69) is 25.2 Å². The summed E-state index contributed by atoms with van der Waals surface area (Å²) in [5, 5.41) is 2.71. The molecule has 0 unspecified atom stereocenters. The van der Waals surface area contributed by atoms with E-state index in [0.29, 0.717) is 6.54 Å². The largest absolute Gasteiger partial charge is 0.366 e. The van der Waals surface area contributed by atoms with Crippen molar-refractivity contribution in [3.8, 4) is 0 Å². The van der Waals surface area contributed by atoms with Crippen LogP contribution in [0, 0.1) is 5.92 Å². The number of nitrogens with one attached hydrogen (secondary N) is 2. The summed E-state index contributed by atoms with van der Waals surface area (Å²) in [5.41, 5.74) is 0.0813. The number of piperidine rings is 1. The first-order valence-electron chi connectivity index (χ1n) is 7.23. The molecule has 0 spiro atoms. The van der Waals surface area contributed by atoms with Crippen molar-refractivity contribution >= 4 is 17.4 Å². The number of aromatic amines is 1. The van der Waals surface area contributed by atoms with Gasteiger partial charge in [-0.1, -0.05) is 0 Å². The van der Waals surface area contributed by atoms with E-state index in [-0.39, 0.29) is 22.9 Å². The number of amides is 1. The molecule has 1 saturated heterocycles. The van der Waals surface area contributed by atoms with Gasteiger partial charge in [0.05, 0.1) is 12.1 Å². The predicted octanol–water partition coefficient (Wildman–Crippen LogP) is 1.02. The Morgan fingerprint density at radius 1 is 1.41 bits per heavy atom. The second kappa shape index (κ2) is 6.38. The smallest absolute Gasteiger partial charge is 0.229 e. The second-order valence-corrected chi connectivity index (χ2v) is 5.26. The van der Waals surface area contributed by atoms with Crippen molar-refractivity contribution in [2.75, 3.05) is 23.3 Å². The van der Waals surface area contributed by atoms with Gasteiger partial charge in [0.15, 0.2) is 0 Å². The summed E-state index contributed by atoms with van der Waals surface area (Å²) in [6, 6.07) is 1.39. The first kappa shape index (κ1) is 14.2. The van der Waals surface area contributed by atoms with Crippen molar-refractivity contribution < 1.29 is 4.79 Å². The zero-order valence-corrected chi connectivity index (χ0v) is 12.0. The van der Waals surface area contributed by atoms with E-state index in [1.54, 1.807) is 18.6 Å². The molecule has 114 valence electrons. The summed E-state index contributed by atoms with van der Waals surface area (Å²) in [5.74, 6) is 0.471. The van der Waals surface area contributed by atoms with Gasteiger partial charge in [-0.15, -0.1) is 0 Å². The van der Waals surface area contributed by atoms with Gasteiger partial charge < -0.3 is 15.2 Å². The Balaban J connectivity index is 1.68. The average molecular weight is 299 g/mol. The number of aromatic nitrogens is 3. The van der Waals surface area contributed by atoms with Crippen molar-refractivity contribution in [1.82, 2.24) is 15.0 Å². The highest BCUT2D eigenvalue weighted by atomic mass is 16.2. The lowest BCUT2D eigenvalue weighted by Crippen LogP contribution is -2.41. The molecule has 2 aromatic heterocycles. The molecule has 7 nitrogen and oxygen atoms in total. The Hall–Kier alpha value is -2.70. The first-order valence-corrected chi connectivity index (χ1v) is 7.23. The van der Waals surface area contributed by atoms with Crippen LogP contribution in [0.3, 0.4) is 0 Å². The zero-order chi connectivity index (χ0) is 15.4. The number of anilines is 2. The molecule has 22 heavy (non-hydrogen) atoms. The third-order valence-corrected chi connectivity index (χ3v) is 3.75. The average Bonchev–Trinajstić information content (AvgIpc) is 2.58. The number of H-pyrrole nitrogens is 1. The third-order valence-electron chi connectivity index (χ3n) is 3.75. The van der Waals surface area contributed by atoms with E-state index in [9.17, 15) is 9.59 Å². The van der Waals surface area contributed by atoms with E-state index < -0.39 is 0 Å². The number of carbonyl (C=O) groups excluding carboxylic acids is 1. The minimum Gasteiger partial charge on any atom is -0.366 e. The van der Waals surface area contributed by atoms with E-state index in [1.165, 1.54) is 18.5 Å². The molecule has 1 aliphatic rings. The van der Waals surface area contributed by atoms with Gasteiger partial charge in [-0.05, 0) is 12.8 Å². The number of rotatable bonds is 3. The van der Waals surface area contributed by atoms with E-state index in [4.69, 9.17) is 0 Å². The van der Waals surface area contributed by atoms with Crippen LogP contribution < -0.4 is 15.6 Å². The van der Waals surface area contributed by atoms with E-state index in [0.717, 1.165) is 25.2 Å². The molecule has 2 aromatic rings. The maximum atomic E-state index is 12.4. The molecule has 0 aliphatic carbocycles. The van der Waals surface area contributed by atoms with Crippen LogP contribution in [0.4, 0.5) is 11.5 Å². The lowest BCUT2D eigenvalue weighted by molar-refractivity contribution is -0.120. The minimum absolute atomic E-state index is 0.134. The Morgan fingerprint density at radius 3 is 3.09 bits per heavy atom. The molecule has 3 heterocycles.